The minimum atomic E-state index is -0.634. The third-order valence-electron chi connectivity index (χ3n) is 4.74. The minimum Gasteiger partial charge on any atom is -0.396 e. The zero-order valence-electron chi connectivity index (χ0n) is 17.1. The van der Waals surface area contributed by atoms with Crippen molar-refractivity contribution in [3.05, 3.63) is 60.2 Å². The number of carbonyl (C=O) groups is 1. The van der Waals surface area contributed by atoms with E-state index < -0.39 is 11.6 Å². The van der Waals surface area contributed by atoms with E-state index in [0.29, 0.717) is 23.1 Å². The van der Waals surface area contributed by atoms with Crippen molar-refractivity contribution in [1.82, 2.24) is 14.5 Å². The van der Waals surface area contributed by atoms with Gasteiger partial charge < -0.3 is 25.7 Å². The summed E-state index contributed by atoms with van der Waals surface area (Å²) in [4.78, 5) is 18.7. The summed E-state index contributed by atoms with van der Waals surface area (Å²) in [6.07, 6.45) is 3.68. The molecule has 1 aliphatic heterocycles. The lowest BCUT2D eigenvalue weighted by atomic mass is 9.99. The van der Waals surface area contributed by atoms with E-state index in [0.717, 1.165) is 31.4 Å². The molecule has 9 heteroatoms. The zero-order chi connectivity index (χ0) is 22.3. The number of hydrogen-bond donors (Lipinski definition) is 2. The van der Waals surface area contributed by atoms with Gasteiger partial charge in [0.25, 0.3) is 0 Å². The van der Waals surface area contributed by atoms with Crippen LogP contribution in [0.4, 0.5) is 20.3 Å². The predicted molar refractivity (Wildman–Crippen MR) is 114 cm³/mol. The monoisotopic (exact) mass is 416 g/mol. The highest BCUT2D eigenvalue weighted by Crippen LogP contribution is 2.32. The van der Waals surface area contributed by atoms with Crippen molar-refractivity contribution in [3.63, 3.8) is 0 Å². The molecule has 0 unspecified atom stereocenters. The standard InChI is InChI=1S/C19H19F2N5.CH5N.CH2O/c1-12-7-23-11-26(12)10-13-8-25(9-13)19-17(22)4-5-18(24-19)15-3-2-14(20)6-16(15)21;2*1-2/h2-7,11,13H,8-10,22H2,1H3;2H2,1H3;1H2. The molecule has 1 aromatic carbocycles. The van der Waals surface area contributed by atoms with E-state index in [4.69, 9.17) is 10.5 Å². The largest absolute Gasteiger partial charge is 0.396 e. The molecule has 0 saturated carbocycles. The summed E-state index contributed by atoms with van der Waals surface area (Å²) in [5.41, 5.74) is 13.0. The first-order chi connectivity index (χ1) is 14.5. The Balaban J connectivity index is 0.000000757. The fraction of sp³-hybridized carbons (Fsp3) is 0.286. The third-order valence-corrected chi connectivity index (χ3v) is 4.74. The molecule has 4 rings (SSSR count). The van der Waals surface area contributed by atoms with E-state index in [-0.39, 0.29) is 5.56 Å². The number of anilines is 2. The number of aryl methyl sites for hydroxylation is 1. The van der Waals surface area contributed by atoms with Gasteiger partial charge in [-0.15, -0.1) is 0 Å². The summed E-state index contributed by atoms with van der Waals surface area (Å²) in [5.74, 6) is -0.118. The Kier molecular flexibility index (Phi) is 7.99. The number of hydrogen-bond acceptors (Lipinski definition) is 6. The van der Waals surface area contributed by atoms with Gasteiger partial charge in [0.1, 0.15) is 18.4 Å². The van der Waals surface area contributed by atoms with Crippen molar-refractivity contribution < 1.29 is 13.6 Å². The van der Waals surface area contributed by atoms with Gasteiger partial charge in [0.05, 0.1) is 17.7 Å². The van der Waals surface area contributed by atoms with Crippen LogP contribution >= 0.6 is 0 Å². The lowest BCUT2D eigenvalue weighted by Gasteiger charge is -2.41. The van der Waals surface area contributed by atoms with E-state index >= 15 is 0 Å². The van der Waals surface area contributed by atoms with Crippen LogP contribution in [0, 0.1) is 24.5 Å². The molecule has 0 amide bonds. The normalized spacial score (nSPS) is 12.9. The Bertz CT molecular complexity index is 972. The molecule has 0 bridgehead atoms. The van der Waals surface area contributed by atoms with Gasteiger partial charge in [-0.3, -0.25) is 0 Å². The predicted octanol–water partition coefficient (Wildman–Crippen LogP) is 2.64. The second-order valence-corrected chi connectivity index (χ2v) is 6.69. The van der Waals surface area contributed by atoms with Gasteiger partial charge in [0.15, 0.2) is 5.82 Å². The van der Waals surface area contributed by atoms with Crippen LogP contribution in [-0.2, 0) is 11.3 Å². The molecular weight excluding hydrogens is 390 g/mol. The molecule has 0 radical (unpaired) electrons. The topological polar surface area (TPSA) is 103 Å². The molecule has 1 aliphatic rings. The Labute approximate surface area is 174 Å². The first-order valence-corrected chi connectivity index (χ1v) is 9.31. The van der Waals surface area contributed by atoms with Gasteiger partial charge in [-0.2, -0.15) is 0 Å². The van der Waals surface area contributed by atoms with Crippen LogP contribution in [0.25, 0.3) is 11.3 Å². The van der Waals surface area contributed by atoms with E-state index in [1.54, 1.807) is 12.1 Å². The van der Waals surface area contributed by atoms with Crippen molar-refractivity contribution in [1.29, 1.82) is 0 Å². The van der Waals surface area contributed by atoms with Crippen molar-refractivity contribution >= 4 is 18.3 Å². The molecule has 0 aliphatic carbocycles. The van der Waals surface area contributed by atoms with E-state index in [1.807, 2.05) is 26.2 Å². The Morgan fingerprint density at radius 1 is 1.17 bits per heavy atom. The molecule has 0 spiro atoms. The summed E-state index contributed by atoms with van der Waals surface area (Å²) in [6, 6.07) is 6.85. The van der Waals surface area contributed by atoms with E-state index in [9.17, 15) is 8.78 Å². The number of halogens is 2. The average molecular weight is 416 g/mol. The fourth-order valence-electron chi connectivity index (χ4n) is 3.27. The maximum absolute atomic E-state index is 14.0. The minimum absolute atomic E-state index is 0.263. The van der Waals surface area contributed by atoms with Crippen LogP contribution in [0.5, 0.6) is 0 Å². The van der Waals surface area contributed by atoms with Crippen LogP contribution in [0.2, 0.25) is 0 Å². The van der Waals surface area contributed by atoms with Crippen LogP contribution in [0.3, 0.4) is 0 Å². The number of nitrogens with two attached hydrogens (primary N) is 2. The number of nitrogens with zero attached hydrogens (tertiary/aromatic N) is 4. The quantitative estimate of drug-likeness (QED) is 0.678. The van der Waals surface area contributed by atoms with E-state index in [1.165, 1.54) is 19.2 Å². The second-order valence-electron chi connectivity index (χ2n) is 6.69. The first kappa shape index (κ1) is 23.0. The third kappa shape index (κ3) is 4.98. The summed E-state index contributed by atoms with van der Waals surface area (Å²) in [7, 11) is 1.50. The Morgan fingerprint density at radius 3 is 2.47 bits per heavy atom. The Hall–Kier alpha value is -3.33. The number of rotatable bonds is 4. The van der Waals surface area contributed by atoms with Crippen molar-refractivity contribution in [2.75, 3.05) is 30.8 Å². The molecular formula is C21H26F2N6O. The summed E-state index contributed by atoms with van der Waals surface area (Å²) < 4.78 is 29.3. The summed E-state index contributed by atoms with van der Waals surface area (Å²) in [5, 5.41) is 0. The summed E-state index contributed by atoms with van der Waals surface area (Å²) in [6.45, 7) is 6.58. The highest BCUT2D eigenvalue weighted by atomic mass is 19.1. The van der Waals surface area contributed by atoms with Gasteiger partial charge >= 0.3 is 0 Å². The van der Waals surface area contributed by atoms with E-state index in [2.05, 4.69) is 25.2 Å². The van der Waals surface area contributed by atoms with Crippen LogP contribution in [-0.4, -0.2) is 41.5 Å². The maximum Gasteiger partial charge on any atom is 0.152 e. The Morgan fingerprint density at radius 2 is 1.87 bits per heavy atom. The molecule has 4 N–H and O–H groups in total. The highest BCUT2D eigenvalue weighted by Gasteiger charge is 2.29. The molecule has 1 fully saturated rings. The number of benzene rings is 1. The molecule has 30 heavy (non-hydrogen) atoms. The molecule has 160 valence electrons. The zero-order valence-corrected chi connectivity index (χ0v) is 17.1. The molecule has 0 atom stereocenters. The lowest BCUT2D eigenvalue weighted by Crippen LogP contribution is -2.49. The van der Waals surface area contributed by atoms with Crippen molar-refractivity contribution in [2.45, 2.75) is 13.5 Å². The van der Waals surface area contributed by atoms with Gasteiger partial charge in [0, 0.05) is 49.1 Å². The molecule has 3 heterocycles. The maximum atomic E-state index is 14.0. The summed E-state index contributed by atoms with van der Waals surface area (Å²) >= 11 is 0. The second kappa shape index (κ2) is 10.4. The lowest BCUT2D eigenvalue weighted by molar-refractivity contribution is -0.0979. The van der Waals surface area contributed by atoms with Crippen LogP contribution < -0.4 is 16.4 Å². The number of aromatic nitrogens is 3. The average Bonchev–Trinajstić information content (AvgIpc) is 3.13. The molecule has 2 aromatic heterocycles. The van der Waals surface area contributed by atoms with Crippen LogP contribution in [0.15, 0.2) is 42.9 Å². The van der Waals surface area contributed by atoms with Crippen molar-refractivity contribution in [3.8, 4) is 11.3 Å². The smallest absolute Gasteiger partial charge is 0.152 e. The van der Waals surface area contributed by atoms with Gasteiger partial charge in [0.2, 0.25) is 0 Å². The fourth-order valence-corrected chi connectivity index (χ4v) is 3.27. The van der Waals surface area contributed by atoms with Gasteiger partial charge in [-0.05, 0) is 38.2 Å². The SMILES string of the molecule is C=O.CN.Cc1cncn1CC1CN(c2nc(-c3ccc(F)cc3F)ccc2N)C1. The van der Waals surface area contributed by atoms with Crippen LogP contribution in [0.1, 0.15) is 5.69 Å². The number of carbonyl (C=O) groups excluding carboxylic acids is 1. The highest BCUT2D eigenvalue weighted by molar-refractivity contribution is 5.71. The number of nitrogen functional groups attached to an aromatic ring is 1. The first-order valence-electron chi connectivity index (χ1n) is 9.31. The van der Waals surface area contributed by atoms with Gasteiger partial charge in [-0.25, -0.2) is 18.7 Å². The number of imidazole rings is 1. The molecule has 1 saturated heterocycles. The van der Waals surface area contributed by atoms with Gasteiger partial charge in [-0.1, -0.05) is 0 Å². The van der Waals surface area contributed by atoms with Crippen molar-refractivity contribution in [2.24, 2.45) is 11.7 Å². The molecule has 7 nitrogen and oxygen atoms in total. The number of pyridine rings is 1. The molecule has 3 aromatic rings.